The van der Waals surface area contributed by atoms with Crippen molar-refractivity contribution in [3.8, 4) is 11.6 Å². The topological polar surface area (TPSA) is 122 Å². The molecular weight excluding hydrogens is 407 g/mol. The molecule has 0 aliphatic heterocycles. The van der Waals surface area contributed by atoms with Crippen molar-refractivity contribution >= 4 is 5.91 Å². The minimum absolute atomic E-state index is 0.320. The van der Waals surface area contributed by atoms with Crippen LogP contribution in [-0.4, -0.2) is 44.6 Å². The number of amides is 1. The molecule has 2 heterocycles. The highest BCUT2D eigenvalue weighted by molar-refractivity contribution is 5.95. The second kappa shape index (κ2) is 8.37. The Hall–Kier alpha value is -3.67. The standard InChI is InChI=1S/C18H16F3N5O4/c1-30-11-4-2-10(3-5-11)13(27)9-22-17(29)12-8-23-26(16(12)18(19,20)21)14-6-7-15(28)25-24-14/h2-8,13,27H,9H2,1H3,(H,22,29)(H,25,28)/t13-/m1/s1. The van der Waals surface area contributed by atoms with E-state index >= 15 is 0 Å². The number of rotatable bonds is 6. The Kier molecular flexibility index (Phi) is 5.87. The Morgan fingerprint density at radius 2 is 1.97 bits per heavy atom. The number of H-pyrrole nitrogens is 1. The number of methoxy groups -OCH3 is 1. The predicted molar refractivity (Wildman–Crippen MR) is 97.3 cm³/mol. The summed E-state index contributed by atoms with van der Waals surface area (Å²) in [6.07, 6.45) is -5.34. The van der Waals surface area contributed by atoms with Gasteiger partial charge in [0.15, 0.2) is 11.5 Å². The summed E-state index contributed by atoms with van der Waals surface area (Å²) in [7, 11) is 1.48. The molecule has 158 valence electrons. The molecule has 0 unspecified atom stereocenters. The van der Waals surface area contributed by atoms with Crippen molar-refractivity contribution in [2.24, 2.45) is 0 Å². The van der Waals surface area contributed by atoms with E-state index in [0.717, 1.165) is 18.3 Å². The molecule has 12 heteroatoms. The zero-order chi connectivity index (χ0) is 21.9. The summed E-state index contributed by atoms with van der Waals surface area (Å²) in [6.45, 7) is -0.329. The first-order valence-corrected chi connectivity index (χ1v) is 8.52. The zero-order valence-corrected chi connectivity index (χ0v) is 15.5. The van der Waals surface area contributed by atoms with Gasteiger partial charge in [0.2, 0.25) is 0 Å². The first-order chi connectivity index (χ1) is 14.2. The number of aromatic nitrogens is 4. The van der Waals surface area contributed by atoms with Gasteiger partial charge in [-0.1, -0.05) is 12.1 Å². The molecular formula is C18H16F3N5O4. The van der Waals surface area contributed by atoms with E-state index in [0.29, 0.717) is 16.0 Å². The van der Waals surface area contributed by atoms with Gasteiger partial charge in [0, 0.05) is 12.6 Å². The lowest BCUT2D eigenvalue weighted by Gasteiger charge is -2.14. The molecule has 0 saturated carbocycles. The van der Waals surface area contributed by atoms with Gasteiger partial charge in [0.1, 0.15) is 5.75 Å². The number of aromatic amines is 1. The molecule has 1 amide bonds. The number of nitrogens with zero attached hydrogens (tertiary/aromatic N) is 3. The van der Waals surface area contributed by atoms with Crippen LogP contribution in [-0.2, 0) is 6.18 Å². The average molecular weight is 423 g/mol. The fourth-order valence-corrected chi connectivity index (χ4v) is 2.64. The van der Waals surface area contributed by atoms with E-state index in [1.54, 1.807) is 24.3 Å². The smallest absolute Gasteiger partial charge is 0.434 e. The van der Waals surface area contributed by atoms with Gasteiger partial charge in [-0.25, -0.2) is 9.78 Å². The average Bonchev–Trinajstić information content (AvgIpc) is 3.18. The lowest BCUT2D eigenvalue weighted by Crippen LogP contribution is -2.30. The third kappa shape index (κ3) is 4.49. The van der Waals surface area contributed by atoms with Gasteiger partial charge in [-0.05, 0) is 23.8 Å². The summed E-state index contributed by atoms with van der Waals surface area (Å²) < 4.78 is 46.2. The summed E-state index contributed by atoms with van der Waals surface area (Å²) in [5.74, 6) is -0.835. The van der Waals surface area contributed by atoms with Gasteiger partial charge in [-0.2, -0.15) is 23.4 Å². The second-order valence-electron chi connectivity index (χ2n) is 6.09. The number of aliphatic hydroxyl groups excluding tert-OH is 1. The molecule has 3 N–H and O–H groups in total. The fraction of sp³-hybridized carbons (Fsp3) is 0.222. The molecule has 0 aliphatic carbocycles. The number of carbonyl (C=O) groups is 1. The molecule has 0 bridgehead atoms. The van der Waals surface area contributed by atoms with Gasteiger partial charge >= 0.3 is 6.18 Å². The number of benzene rings is 1. The van der Waals surface area contributed by atoms with E-state index in [9.17, 15) is 27.9 Å². The van der Waals surface area contributed by atoms with Crippen molar-refractivity contribution in [2.75, 3.05) is 13.7 Å². The van der Waals surface area contributed by atoms with Crippen LogP contribution in [0.2, 0.25) is 0 Å². The molecule has 0 radical (unpaired) electrons. The molecule has 0 saturated heterocycles. The maximum absolute atomic E-state index is 13.6. The maximum Gasteiger partial charge on any atom is 0.434 e. The summed E-state index contributed by atoms with van der Waals surface area (Å²) in [5.41, 5.74) is -2.28. The number of halogens is 3. The van der Waals surface area contributed by atoms with Gasteiger partial charge in [0.25, 0.3) is 11.5 Å². The summed E-state index contributed by atoms with van der Waals surface area (Å²) in [6, 6.07) is 8.35. The van der Waals surface area contributed by atoms with E-state index in [1.165, 1.54) is 7.11 Å². The van der Waals surface area contributed by atoms with E-state index in [2.05, 4.69) is 15.5 Å². The monoisotopic (exact) mass is 423 g/mol. The van der Waals surface area contributed by atoms with Crippen molar-refractivity contribution in [2.45, 2.75) is 12.3 Å². The van der Waals surface area contributed by atoms with E-state index in [-0.39, 0.29) is 12.4 Å². The Bertz CT molecular complexity index is 1070. The second-order valence-corrected chi connectivity index (χ2v) is 6.09. The fourth-order valence-electron chi connectivity index (χ4n) is 2.64. The molecule has 2 aromatic heterocycles. The molecule has 0 spiro atoms. The SMILES string of the molecule is COc1ccc([C@H](O)CNC(=O)c2cnn(-c3ccc(=O)[nH]n3)c2C(F)(F)F)cc1. The number of alkyl halides is 3. The van der Waals surface area contributed by atoms with Crippen LogP contribution in [0.5, 0.6) is 5.75 Å². The number of nitrogens with one attached hydrogen (secondary N) is 2. The molecule has 0 aliphatic rings. The van der Waals surface area contributed by atoms with Crippen LogP contribution >= 0.6 is 0 Å². The van der Waals surface area contributed by atoms with Crippen LogP contribution in [0.3, 0.4) is 0 Å². The highest BCUT2D eigenvalue weighted by Gasteiger charge is 2.41. The third-order valence-electron chi connectivity index (χ3n) is 4.12. The zero-order valence-electron chi connectivity index (χ0n) is 15.5. The van der Waals surface area contributed by atoms with Crippen molar-refractivity contribution in [3.05, 3.63) is 69.8 Å². The lowest BCUT2D eigenvalue weighted by molar-refractivity contribution is -0.143. The molecule has 0 fully saturated rings. The molecule has 3 rings (SSSR count). The van der Waals surface area contributed by atoms with Gasteiger partial charge in [0.05, 0.1) is 25.0 Å². The minimum Gasteiger partial charge on any atom is -0.497 e. The van der Waals surface area contributed by atoms with Crippen LogP contribution in [0.15, 0.2) is 47.4 Å². The van der Waals surface area contributed by atoms with E-state index in [1.807, 2.05) is 5.10 Å². The van der Waals surface area contributed by atoms with E-state index < -0.39 is 35.0 Å². The highest BCUT2D eigenvalue weighted by atomic mass is 19.4. The van der Waals surface area contributed by atoms with Crippen molar-refractivity contribution in [1.29, 1.82) is 0 Å². The number of aliphatic hydroxyl groups is 1. The summed E-state index contributed by atoms with van der Waals surface area (Å²) in [5, 5.41) is 21.5. The van der Waals surface area contributed by atoms with Crippen molar-refractivity contribution in [1.82, 2.24) is 25.3 Å². The summed E-state index contributed by atoms with van der Waals surface area (Å²) in [4.78, 5) is 23.5. The van der Waals surface area contributed by atoms with Crippen LogP contribution in [0, 0.1) is 0 Å². The highest BCUT2D eigenvalue weighted by Crippen LogP contribution is 2.33. The van der Waals surface area contributed by atoms with Crippen LogP contribution in [0.25, 0.3) is 5.82 Å². The number of hydrogen-bond donors (Lipinski definition) is 3. The largest absolute Gasteiger partial charge is 0.497 e. The Labute approximate surface area is 167 Å². The van der Waals surface area contributed by atoms with Crippen LogP contribution < -0.4 is 15.6 Å². The first kappa shape index (κ1) is 21.0. The minimum atomic E-state index is -4.93. The summed E-state index contributed by atoms with van der Waals surface area (Å²) >= 11 is 0. The van der Waals surface area contributed by atoms with Crippen molar-refractivity contribution in [3.63, 3.8) is 0 Å². The first-order valence-electron chi connectivity index (χ1n) is 8.52. The normalized spacial score (nSPS) is 12.4. The quantitative estimate of drug-likeness (QED) is 0.552. The molecule has 1 aromatic carbocycles. The van der Waals surface area contributed by atoms with Gasteiger partial charge in [-0.15, -0.1) is 0 Å². The molecule has 30 heavy (non-hydrogen) atoms. The Balaban J connectivity index is 1.81. The number of ether oxygens (including phenoxy) is 1. The molecule has 3 aromatic rings. The van der Waals surface area contributed by atoms with Crippen molar-refractivity contribution < 1.29 is 27.8 Å². The number of hydrogen-bond acceptors (Lipinski definition) is 6. The van der Waals surface area contributed by atoms with Crippen LogP contribution in [0.4, 0.5) is 13.2 Å². The van der Waals surface area contributed by atoms with Gasteiger partial charge in [-0.3, -0.25) is 9.59 Å². The third-order valence-corrected chi connectivity index (χ3v) is 4.12. The number of carbonyl (C=O) groups excluding carboxylic acids is 1. The van der Waals surface area contributed by atoms with E-state index in [4.69, 9.17) is 4.74 Å². The van der Waals surface area contributed by atoms with Crippen LogP contribution in [0.1, 0.15) is 27.7 Å². The predicted octanol–water partition coefficient (Wildman–Crippen LogP) is 1.45. The lowest BCUT2D eigenvalue weighted by atomic mass is 10.1. The van der Waals surface area contributed by atoms with Gasteiger partial charge < -0.3 is 15.2 Å². The Morgan fingerprint density at radius 3 is 2.53 bits per heavy atom. The maximum atomic E-state index is 13.6. The molecule has 9 nitrogen and oxygen atoms in total. The Morgan fingerprint density at radius 1 is 1.27 bits per heavy atom. The molecule has 1 atom stereocenters.